The molecule has 3 aromatic carbocycles. The van der Waals surface area contributed by atoms with Gasteiger partial charge >= 0.3 is 6.36 Å². The van der Waals surface area contributed by atoms with Crippen LogP contribution in [0.4, 0.5) is 18.3 Å². The largest absolute Gasteiger partial charge is 0.573 e. The number of carbonyl (C=O) groups is 1. The van der Waals surface area contributed by atoms with E-state index in [1.807, 2.05) is 63.7 Å². The molecule has 5 rings (SSSR count). The summed E-state index contributed by atoms with van der Waals surface area (Å²) >= 11 is 1.44. The Hall–Kier alpha value is -4.09. The highest BCUT2D eigenvalue weighted by atomic mass is 32.1. The summed E-state index contributed by atoms with van der Waals surface area (Å²) < 4.78 is 48.0. The standard InChI is InChI=1S/C30H29F3N4O3S/c1-39-25-6-3-5-24(17-25)27-20-41-29(35-27)37(19-22-4-2-7-26(16-22)40-30(31,32)33)18-21-8-10-23(11-9-21)28(38)36-14-12-34-13-15-36/h2-11,16-17,20,34H,12-15,18-19H2,1H3. The van der Waals surface area contributed by atoms with Crippen LogP contribution in [0, 0.1) is 0 Å². The molecule has 0 spiro atoms. The minimum atomic E-state index is -4.77. The van der Waals surface area contributed by atoms with Gasteiger partial charge in [-0.2, -0.15) is 0 Å². The van der Waals surface area contributed by atoms with Crippen molar-refractivity contribution in [2.45, 2.75) is 19.5 Å². The molecule has 0 radical (unpaired) electrons. The average molecular weight is 583 g/mol. The highest BCUT2D eigenvalue weighted by Crippen LogP contribution is 2.32. The summed E-state index contributed by atoms with van der Waals surface area (Å²) in [6, 6.07) is 21.0. The normalized spacial score (nSPS) is 13.6. The predicted octanol–water partition coefficient (Wildman–Crippen LogP) is 5.97. The quantitative estimate of drug-likeness (QED) is 0.262. The summed E-state index contributed by atoms with van der Waals surface area (Å²) in [6.45, 7) is 3.62. The van der Waals surface area contributed by atoms with E-state index in [1.54, 1.807) is 13.2 Å². The summed E-state index contributed by atoms with van der Waals surface area (Å²) in [5, 5.41) is 5.89. The van der Waals surface area contributed by atoms with E-state index >= 15 is 0 Å². The lowest BCUT2D eigenvalue weighted by Gasteiger charge is -2.27. The number of methoxy groups -OCH3 is 1. The summed E-state index contributed by atoms with van der Waals surface area (Å²) in [7, 11) is 1.60. The third-order valence-electron chi connectivity index (χ3n) is 6.61. The number of aromatic nitrogens is 1. The van der Waals surface area contributed by atoms with Crippen molar-refractivity contribution in [1.82, 2.24) is 15.2 Å². The zero-order chi connectivity index (χ0) is 28.8. The number of anilines is 1. The number of ether oxygens (including phenoxy) is 2. The molecule has 1 aliphatic heterocycles. The molecule has 1 N–H and O–H groups in total. The SMILES string of the molecule is COc1cccc(-c2csc(N(Cc3ccc(C(=O)N4CCNCC4)cc3)Cc3cccc(OC(F)(F)F)c3)n2)c1. The number of piperazine rings is 1. The number of amides is 1. The second-order valence-electron chi connectivity index (χ2n) is 9.54. The van der Waals surface area contributed by atoms with Crippen molar-refractivity contribution in [2.75, 3.05) is 38.2 Å². The number of hydrogen-bond donors (Lipinski definition) is 1. The molecule has 1 fully saturated rings. The van der Waals surface area contributed by atoms with Gasteiger partial charge in [-0.1, -0.05) is 36.4 Å². The van der Waals surface area contributed by atoms with E-state index < -0.39 is 6.36 Å². The zero-order valence-electron chi connectivity index (χ0n) is 22.4. The minimum absolute atomic E-state index is 0.000703. The molecule has 11 heteroatoms. The van der Waals surface area contributed by atoms with Crippen molar-refractivity contribution in [3.63, 3.8) is 0 Å². The van der Waals surface area contributed by atoms with Gasteiger partial charge in [0.05, 0.1) is 12.8 Å². The van der Waals surface area contributed by atoms with Crippen LogP contribution in [0.1, 0.15) is 21.5 Å². The minimum Gasteiger partial charge on any atom is -0.497 e. The highest BCUT2D eigenvalue weighted by molar-refractivity contribution is 7.14. The molecule has 1 aliphatic rings. The topological polar surface area (TPSA) is 66.9 Å². The number of nitrogens with one attached hydrogen (secondary N) is 1. The maximum Gasteiger partial charge on any atom is 0.573 e. The molecule has 7 nitrogen and oxygen atoms in total. The van der Waals surface area contributed by atoms with Crippen molar-refractivity contribution in [2.24, 2.45) is 0 Å². The fourth-order valence-electron chi connectivity index (χ4n) is 4.60. The molecule has 0 saturated carbocycles. The molecular formula is C30H29F3N4O3S. The van der Waals surface area contributed by atoms with E-state index in [9.17, 15) is 18.0 Å². The Morgan fingerprint density at radius 2 is 1.68 bits per heavy atom. The van der Waals surface area contributed by atoms with Crippen molar-refractivity contribution in [1.29, 1.82) is 0 Å². The summed E-state index contributed by atoms with van der Waals surface area (Å²) in [5.41, 5.74) is 3.84. The van der Waals surface area contributed by atoms with E-state index in [4.69, 9.17) is 9.72 Å². The molecule has 0 unspecified atom stereocenters. The molecule has 1 aromatic heterocycles. The molecule has 1 amide bonds. The Balaban J connectivity index is 1.39. The average Bonchev–Trinajstić information content (AvgIpc) is 3.47. The first-order valence-corrected chi connectivity index (χ1v) is 13.9. The Labute approximate surface area is 240 Å². The zero-order valence-corrected chi connectivity index (χ0v) is 23.2. The molecule has 214 valence electrons. The molecule has 0 atom stereocenters. The van der Waals surface area contributed by atoms with Crippen LogP contribution in [0.15, 0.2) is 78.2 Å². The molecular weight excluding hydrogens is 553 g/mol. The monoisotopic (exact) mass is 582 g/mol. The van der Waals surface area contributed by atoms with Crippen LogP contribution in [0.2, 0.25) is 0 Å². The van der Waals surface area contributed by atoms with Crippen LogP contribution in [0.5, 0.6) is 11.5 Å². The van der Waals surface area contributed by atoms with Crippen molar-refractivity contribution >= 4 is 22.4 Å². The Morgan fingerprint density at radius 1 is 0.976 bits per heavy atom. The van der Waals surface area contributed by atoms with Gasteiger partial charge in [0.1, 0.15) is 11.5 Å². The van der Waals surface area contributed by atoms with Crippen LogP contribution in [-0.2, 0) is 13.1 Å². The lowest BCUT2D eigenvalue weighted by molar-refractivity contribution is -0.274. The first kappa shape index (κ1) is 28.4. The first-order valence-electron chi connectivity index (χ1n) is 13.1. The molecule has 0 bridgehead atoms. The number of hydrogen-bond acceptors (Lipinski definition) is 7. The van der Waals surface area contributed by atoms with Gasteiger partial charge in [-0.3, -0.25) is 4.79 Å². The van der Waals surface area contributed by atoms with Crippen molar-refractivity contribution < 1.29 is 27.4 Å². The summed E-state index contributed by atoms with van der Waals surface area (Å²) in [6.07, 6.45) is -4.77. The van der Waals surface area contributed by atoms with Gasteiger partial charge in [0, 0.05) is 55.8 Å². The lowest BCUT2D eigenvalue weighted by Crippen LogP contribution is -2.46. The van der Waals surface area contributed by atoms with Crippen molar-refractivity contribution in [3.8, 4) is 22.8 Å². The van der Waals surface area contributed by atoms with Gasteiger partial charge in [-0.25, -0.2) is 4.98 Å². The number of halogens is 3. The summed E-state index contributed by atoms with van der Waals surface area (Å²) in [5.74, 6) is 0.437. The van der Waals surface area contributed by atoms with Gasteiger partial charge in [0.25, 0.3) is 5.91 Å². The second kappa shape index (κ2) is 12.6. The fraction of sp³-hybridized carbons (Fsp3) is 0.267. The Bertz CT molecular complexity index is 1470. The number of carbonyl (C=O) groups excluding carboxylic acids is 1. The van der Waals surface area contributed by atoms with E-state index in [0.717, 1.165) is 29.9 Å². The van der Waals surface area contributed by atoms with E-state index in [-0.39, 0.29) is 11.7 Å². The number of thiazole rings is 1. The maximum atomic E-state index is 12.9. The van der Waals surface area contributed by atoms with Gasteiger partial charge in [-0.15, -0.1) is 24.5 Å². The lowest BCUT2D eigenvalue weighted by atomic mass is 10.1. The second-order valence-corrected chi connectivity index (χ2v) is 10.4. The van der Waals surface area contributed by atoms with Gasteiger partial charge < -0.3 is 24.6 Å². The molecule has 41 heavy (non-hydrogen) atoms. The summed E-state index contributed by atoms with van der Waals surface area (Å²) in [4.78, 5) is 21.6. The Morgan fingerprint density at radius 3 is 2.41 bits per heavy atom. The number of alkyl halides is 3. The third-order valence-corrected chi connectivity index (χ3v) is 7.51. The van der Waals surface area contributed by atoms with E-state index in [1.165, 1.54) is 29.5 Å². The molecule has 1 saturated heterocycles. The first-order chi connectivity index (χ1) is 19.8. The maximum absolute atomic E-state index is 12.9. The van der Waals surface area contributed by atoms with E-state index in [0.29, 0.717) is 48.2 Å². The van der Waals surface area contributed by atoms with Gasteiger partial charge in [0.15, 0.2) is 5.13 Å². The molecule has 4 aromatic rings. The number of benzene rings is 3. The number of rotatable bonds is 9. The Kier molecular flexibility index (Phi) is 8.75. The smallest absolute Gasteiger partial charge is 0.497 e. The van der Waals surface area contributed by atoms with Gasteiger partial charge in [0.2, 0.25) is 0 Å². The number of nitrogens with zero attached hydrogens (tertiary/aromatic N) is 3. The van der Waals surface area contributed by atoms with Crippen LogP contribution >= 0.6 is 11.3 Å². The fourth-order valence-corrected chi connectivity index (χ4v) is 5.44. The van der Waals surface area contributed by atoms with E-state index in [2.05, 4.69) is 10.1 Å². The predicted molar refractivity (Wildman–Crippen MR) is 152 cm³/mol. The van der Waals surface area contributed by atoms with Crippen LogP contribution in [-0.4, -0.2) is 55.4 Å². The van der Waals surface area contributed by atoms with Crippen LogP contribution in [0.25, 0.3) is 11.3 Å². The highest BCUT2D eigenvalue weighted by Gasteiger charge is 2.31. The van der Waals surface area contributed by atoms with Gasteiger partial charge in [-0.05, 0) is 47.5 Å². The van der Waals surface area contributed by atoms with Crippen molar-refractivity contribution in [3.05, 3.63) is 94.9 Å². The van der Waals surface area contributed by atoms with Crippen LogP contribution < -0.4 is 19.7 Å². The molecule has 0 aliphatic carbocycles. The molecule has 2 heterocycles. The van der Waals surface area contributed by atoms with Crippen LogP contribution in [0.3, 0.4) is 0 Å². The third kappa shape index (κ3) is 7.56.